The van der Waals surface area contributed by atoms with E-state index in [9.17, 15) is 4.79 Å². The summed E-state index contributed by atoms with van der Waals surface area (Å²) in [5.74, 6) is 0.410. The Hall–Kier alpha value is -1.27. The number of furan rings is 1. The van der Waals surface area contributed by atoms with Crippen LogP contribution in [-0.4, -0.2) is 12.6 Å². The third-order valence-electron chi connectivity index (χ3n) is 2.42. The van der Waals surface area contributed by atoms with E-state index < -0.39 is 0 Å². The molecule has 0 aliphatic carbocycles. The Kier molecular flexibility index (Phi) is 5.04. The third kappa shape index (κ3) is 4.72. The molecule has 2 amide bonds. The zero-order valence-electron chi connectivity index (χ0n) is 9.95. The molecule has 2 aromatic rings. The van der Waals surface area contributed by atoms with Crippen molar-refractivity contribution in [2.75, 3.05) is 11.9 Å². The first-order valence-electron chi connectivity index (χ1n) is 5.68. The van der Waals surface area contributed by atoms with E-state index in [0.717, 1.165) is 10.9 Å². The molecule has 0 radical (unpaired) electrons. The summed E-state index contributed by atoms with van der Waals surface area (Å²) >= 11 is 6.55. The molecule has 100 valence electrons. The van der Waals surface area contributed by atoms with Gasteiger partial charge in [-0.3, -0.25) is 5.32 Å². The van der Waals surface area contributed by atoms with Gasteiger partial charge in [0.25, 0.3) is 0 Å². The quantitative estimate of drug-likeness (QED) is 0.827. The van der Waals surface area contributed by atoms with E-state index in [4.69, 9.17) is 4.42 Å². The highest BCUT2D eigenvalue weighted by Crippen LogP contribution is 2.17. The second-order valence-corrected chi connectivity index (χ2v) is 5.56. The van der Waals surface area contributed by atoms with Crippen molar-refractivity contribution in [3.8, 4) is 0 Å². The van der Waals surface area contributed by atoms with Crippen LogP contribution in [0.5, 0.6) is 0 Å². The molecule has 2 N–H and O–H groups in total. The Morgan fingerprint density at radius 2 is 1.84 bits per heavy atom. The molecule has 0 aliphatic rings. The van der Waals surface area contributed by atoms with Gasteiger partial charge in [0.05, 0.1) is 0 Å². The number of urea groups is 1. The van der Waals surface area contributed by atoms with Crippen molar-refractivity contribution in [3.05, 3.63) is 51.1 Å². The van der Waals surface area contributed by atoms with Gasteiger partial charge in [-0.2, -0.15) is 0 Å². The molecular formula is C13H12Br2N2O2. The van der Waals surface area contributed by atoms with Crippen molar-refractivity contribution in [1.29, 1.82) is 0 Å². The van der Waals surface area contributed by atoms with Crippen molar-refractivity contribution < 1.29 is 9.21 Å². The van der Waals surface area contributed by atoms with Crippen LogP contribution >= 0.6 is 31.9 Å². The molecule has 0 saturated carbocycles. The number of benzene rings is 1. The lowest BCUT2D eigenvalue weighted by Crippen LogP contribution is -2.30. The maximum absolute atomic E-state index is 11.6. The lowest BCUT2D eigenvalue weighted by atomic mass is 10.1. The smallest absolute Gasteiger partial charge is 0.321 e. The maximum atomic E-state index is 11.6. The second kappa shape index (κ2) is 6.77. The standard InChI is InChI=1S/C13H12Br2N2O2/c14-10-3-1-9(2-4-10)7-8-16-13(18)17-12-6-5-11(15)19-12/h1-6H,7-8H2,(H2,16,17,18). The van der Waals surface area contributed by atoms with Gasteiger partial charge < -0.3 is 9.73 Å². The molecular weight excluding hydrogens is 376 g/mol. The van der Waals surface area contributed by atoms with Crippen LogP contribution in [0.2, 0.25) is 0 Å². The van der Waals surface area contributed by atoms with Gasteiger partial charge in [-0.25, -0.2) is 4.79 Å². The molecule has 0 spiro atoms. The van der Waals surface area contributed by atoms with E-state index in [1.54, 1.807) is 12.1 Å². The summed E-state index contributed by atoms with van der Waals surface area (Å²) in [6.07, 6.45) is 0.780. The predicted octanol–water partition coefficient (Wildman–Crippen LogP) is 4.17. The number of carbonyl (C=O) groups excluding carboxylic acids is 1. The van der Waals surface area contributed by atoms with Gasteiger partial charge in [0, 0.05) is 17.1 Å². The fourth-order valence-corrected chi connectivity index (χ4v) is 2.08. The maximum Gasteiger partial charge on any atom is 0.321 e. The highest BCUT2D eigenvalue weighted by Gasteiger charge is 2.04. The molecule has 0 saturated heterocycles. The number of nitrogens with one attached hydrogen (secondary N) is 2. The highest BCUT2D eigenvalue weighted by molar-refractivity contribution is 9.10. The van der Waals surface area contributed by atoms with Crippen molar-refractivity contribution in [1.82, 2.24) is 5.32 Å². The first kappa shape index (κ1) is 14.1. The molecule has 0 bridgehead atoms. The van der Waals surface area contributed by atoms with E-state index in [-0.39, 0.29) is 6.03 Å². The van der Waals surface area contributed by atoms with Gasteiger partial charge >= 0.3 is 6.03 Å². The third-order valence-corrected chi connectivity index (χ3v) is 3.38. The van der Waals surface area contributed by atoms with Gasteiger partial charge in [0.1, 0.15) is 0 Å². The summed E-state index contributed by atoms with van der Waals surface area (Å²) < 4.78 is 6.80. The summed E-state index contributed by atoms with van der Waals surface area (Å²) in [5.41, 5.74) is 1.17. The fraction of sp³-hybridized carbons (Fsp3) is 0.154. The number of hydrogen-bond donors (Lipinski definition) is 2. The van der Waals surface area contributed by atoms with Gasteiger partial charge in [0.2, 0.25) is 5.88 Å². The van der Waals surface area contributed by atoms with Crippen LogP contribution in [0.3, 0.4) is 0 Å². The fourth-order valence-electron chi connectivity index (χ4n) is 1.51. The zero-order chi connectivity index (χ0) is 13.7. The summed E-state index contributed by atoms with van der Waals surface area (Å²) in [7, 11) is 0. The molecule has 1 aromatic heterocycles. The van der Waals surface area contributed by atoms with Crippen LogP contribution in [-0.2, 0) is 6.42 Å². The summed E-state index contributed by atoms with van der Waals surface area (Å²) in [6, 6.07) is 11.1. The Balaban J connectivity index is 1.73. The molecule has 1 heterocycles. The van der Waals surface area contributed by atoms with Crippen LogP contribution in [0.15, 0.2) is 50.0 Å². The minimum absolute atomic E-state index is 0.279. The van der Waals surface area contributed by atoms with E-state index in [0.29, 0.717) is 17.1 Å². The topological polar surface area (TPSA) is 54.3 Å². The number of anilines is 1. The summed E-state index contributed by atoms with van der Waals surface area (Å²) in [4.78, 5) is 11.6. The monoisotopic (exact) mass is 386 g/mol. The van der Waals surface area contributed by atoms with Crippen molar-refractivity contribution in [3.63, 3.8) is 0 Å². The highest BCUT2D eigenvalue weighted by atomic mass is 79.9. The molecule has 0 fully saturated rings. The van der Waals surface area contributed by atoms with Gasteiger partial charge in [-0.05, 0) is 46.1 Å². The van der Waals surface area contributed by atoms with Crippen LogP contribution in [0.4, 0.5) is 10.7 Å². The van der Waals surface area contributed by atoms with E-state index in [1.165, 1.54) is 5.56 Å². The van der Waals surface area contributed by atoms with Gasteiger partial charge in [-0.1, -0.05) is 28.1 Å². The van der Waals surface area contributed by atoms with Gasteiger partial charge in [0.15, 0.2) is 4.67 Å². The van der Waals surface area contributed by atoms with E-state index in [1.807, 2.05) is 24.3 Å². The number of rotatable bonds is 4. The predicted molar refractivity (Wildman–Crippen MR) is 81.3 cm³/mol. The molecule has 19 heavy (non-hydrogen) atoms. The molecule has 0 aliphatic heterocycles. The summed E-state index contributed by atoms with van der Waals surface area (Å²) in [6.45, 7) is 0.565. The molecule has 4 nitrogen and oxygen atoms in total. The molecule has 0 atom stereocenters. The van der Waals surface area contributed by atoms with Crippen molar-refractivity contribution in [2.24, 2.45) is 0 Å². The van der Waals surface area contributed by atoms with E-state index in [2.05, 4.69) is 42.5 Å². The number of halogens is 2. The minimum Gasteiger partial charge on any atom is -0.434 e. The van der Waals surface area contributed by atoms with Crippen LogP contribution in [0.25, 0.3) is 0 Å². The second-order valence-electron chi connectivity index (χ2n) is 3.86. The Bertz CT molecular complexity index is 552. The molecule has 6 heteroatoms. The molecule has 2 rings (SSSR count). The Labute approximate surface area is 127 Å². The zero-order valence-corrected chi connectivity index (χ0v) is 13.1. The normalized spacial score (nSPS) is 10.2. The first-order chi connectivity index (χ1) is 9.13. The summed E-state index contributed by atoms with van der Waals surface area (Å²) in [5, 5.41) is 5.37. The number of carbonyl (C=O) groups is 1. The van der Waals surface area contributed by atoms with Crippen LogP contribution in [0.1, 0.15) is 5.56 Å². The average molecular weight is 388 g/mol. The molecule has 0 unspecified atom stereocenters. The van der Waals surface area contributed by atoms with Crippen LogP contribution in [0, 0.1) is 0 Å². The largest absolute Gasteiger partial charge is 0.434 e. The Morgan fingerprint density at radius 1 is 1.11 bits per heavy atom. The Morgan fingerprint density at radius 3 is 2.47 bits per heavy atom. The minimum atomic E-state index is -0.279. The lowest BCUT2D eigenvalue weighted by molar-refractivity contribution is 0.251. The van der Waals surface area contributed by atoms with Crippen molar-refractivity contribution >= 4 is 43.8 Å². The lowest BCUT2D eigenvalue weighted by Gasteiger charge is -2.05. The molecule has 1 aromatic carbocycles. The average Bonchev–Trinajstić information content (AvgIpc) is 2.77. The SMILES string of the molecule is O=C(NCCc1ccc(Br)cc1)Nc1ccc(Br)o1. The van der Waals surface area contributed by atoms with Crippen LogP contribution < -0.4 is 10.6 Å². The number of amides is 2. The van der Waals surface area contributed by atoms with Crippen molar-refractivity contribution in [2.45, 2.75) is 6.42 Å². The number of hydrogen-bond acceptors (Lipinski definition) is 2. The first-order valence-corrected chi connectivity index (χ1v) is 7.27. The van der Waals surface area contributed by atoms with Gasteiger partial charge in [-0.15, -0.1) is 0 Å². The van der Waals surface area contributed by atoms with E-state index >= 15 is 0 Å².